The fourth-order valence-electron chi connectivity index (χ4n) is 1.14. The Kier molecular flexibility index (Phi) is 3.34. The molecule has 0 spiro atoms. The highest BCUT2D eigenvalue weighted by Gasteiger charge is 2.36. The van der Waals surface area contributed by atoms with E-state index in [2.05, 4.69) is 12.2 Å². The van der Waals surface area contributed by atoms with Crippen molar-refractivity contribution >= 4 is 0 Å². The van der Waals surface area contributed by atoms with Gasteiger partial charge in [0.1, 0.15) is 0 Å². The first-order chi connectivity index (χ1) is 5.27. The maximum absolute atomic E-state index is 8.51. The summed E-state index contributed by atoms with van der Waals surface area (Å²) in [6.45, 7) is 4.89. The summed E-state index contributed by atoms with van der Waals surface area (Å²) in [5.41, 5.74) is 0.624. The van der Waals surface area contributed by atoms with Gasteiger partial charge < -0.3 is 10.4 Å². The number of rotatable bonds is 6. The van der Waals surface area contributed by atoms with Gasteiger partial charge in [0.15, 0.2) is 0 Å². The third kappa shape index (κ3) is 3.73. The lowest BCUT2D eigenvalue weighted by atomic mass is 10.1. The van der Waals surface area contributed by atoms with Gasteiger partial charge in [-0.3, -0.25) is 0 Å². The van der Waals surface area contributed by atoms with Crippen LogP contribution in [-0.4, -0.2) is 24.8 Å². The van der Waals surface area contributed by atoms with Crippen molar-refractivity contribution in [3.8, 4) is 0 Å². The third-order valence-corrected chi connectivity index (χ3v) is 2.42. The third-order valence-electron chi connectivity index (χ3n) is 2.42. The van der Waals surface area contributed by atoms with Gasteiger partial charge in [-0.05, 0) is 37.6 Å². The Hall–Kier alpha value is -0.0800. The first kappa shape index (κ1) is 9.01. The number of hydrogen-bond donors (Lipinski definition) is 2. The average Bonchev–Trinajstić information content (AvgIpc) is 2.69. The van der Waals surface area contributed by atoms with E-state index in [1.54, 1.807) is 0 Å². The Morgan fingerprint density at radius 2 is 2.09 bits per heavy atom. The molecule has 0 saturated heterocycles. The molecular weight excluding hydrogens is 138 g/mol. The van der Waals surface area contributed by atoms with Crippen molar-refractivity contribution in [1.29, 1.82) is 0 Å². The largest absolute Gasteiger partial charge is 0.396 e. The summed E-state index contributed by atoms with van der Waals surface area (Å²) in [6, 6.07) is 0. The van der Waals surface area contributed by atoms with Crippen molar-refractivity contribution in [3.05, 3.63) is 0 Å². The molecule has 0 bridgehead atoms. The zero-order valence-electron chi connectivity index (χ0n) is 7.40. The molecule has 2 nitrogen and oxygen atoms in total. The number of hydrogen-bond acceptors (Lipinski definition) is 2. The first-order valence-corrected chi connectivity index (χ1v) is 4.58. The molecule has 1 fully saturated rings. The summed E-state index contributed by atoms with van der Waals surface area (Å²) in [5, 5.41) is 11.9. The number of aliphatic hydroxyl groups excluding tert-OH is 1. The van der Waals surface area contributed by atoms with E-state index in [9.17, 15) is 0 Å². The second-order valence-corrected chi connectivity index (χ2v) is 3.92. The molecule has 2 heteroatoms. The molecule has 0 heterocycles. The maximum atomic E-state index is 8.51. The molecule has 11 heavy (non-hydrogen) atoms. The number of unbranched alkanes of at least 4 members (excludes halogenated alkanes) is 1. The molecule has 0 aromatic rings. The minimum atomic E-state index is 0.332. The minimum Gasteiger partial charge on any atom is -0.396 e. The van der Waals surface area contributed by atoms with E-state index < -0.39 is 0 Å². The highest BCUT2D eigenvalue weighted by atomic mass is 16.2. The molecule has 66 valence electrons. The molecule has 0 atom stereocenters. The molecule has 2 N–H and O–H groups in total. The van der Waals surface area contributed by atoms with Gasteiger partial charge in [0, 0.05) is 13.2 Å². The highest BCUT2D eigenvalue weighted by molar-refractivity contribution is 4.90. The monoisotopic (exact) mass is 157 g/mol. The van der Waals surface area contributed by atoms with Gasteiger partial charge in [0.2, 0.25) is 0 Å². The molecule has 1 rings (SSSR count). The lowest BCUT2D eigenvalue weighted by Gasteiger charge is -2.08. The number of aliphatic hydroxyl groups is 1. The standard InChI is InChI=1S/C9H19NO/c1-9(4-5-9)8-10-6-2-3-7-11/h10-11H,2-8H2,1H3. The fourth-order valence-corrected chi connectivity index (χ4v) is 1.14. The molecule has 1 saturated carbocycles. The van der Waals surface area contributed by atoms with Crippen LogP contribution in [0, 0.1) is 5.41 Å². The van der Waals surface area contributed by atoms with E-state index in [1.165, 1.54) is 19.4 Å². The summed E-state index contributed by atoms with van der Waals surface area (Å²) >= 11 is 0. The molecule has 0 amide bonds. The van der Waals surface area contributed by atoms with Crippen LogP contribution in [0.2, 0.25) is 0 Å². The zero-order chi connectivity index (χ0) is 8.16. The quantitative estimate of drug-likeness (QED) is 0.567. The zero-order valence-corrected chi connectivity index (χ0v) is 7.40. The fraction of sp³-hybridized carbons (Fsp3) is 1.00. The van der Waals surface area contributed by atoms with E-state index in [4.69, 9.17) is 5.11 Å². The summed E-state index contributed by atoms with van der Waals surface area (Å²) in [7, 11) is 0. The topological polar surface area (TPSA) is 32.3 Å². The van der Waals surface area contributed by atoms with Gasteiger partial charge in [-0.25, -0.2) is 0 Å². The van der Waals surface area contributed by atoms with Crippen LogP contribution in [0.4, 0.5) is 0 Å². The Labute approximate surface area is 69.0 Å². The Morgan fingerprint density at radius 1 is 1.36 bits per heavy atom. The van der Waals surface area contributed by atoms with E-state index >= 15 is 0 Å². The van der Waals surface area contributed by atoms with Crippen molar-refractivity contribution in [2.75, 3.05) is 19.7 Å². The molecule has 0 aromatic heterocycles. The van der Waals surface area contributed by atoms with Crippen LogP contribution in [0.3, 0.4) is 0 Å². The van der Waals surface area contributed by atoms with Crippen LogP contribution in [0.15, 0.2) is 0 Å². The molecule has 0 aliphatic heterocycles. The first-order valence-electron chi connectivity index (χ1n) is 4.58. The SMILES string of the molecule is CC1(CNCCCCO)CC1. The van der Waals surface area contributed by atoms with Crippen molar-refractivity contribution in [3.63, 3.8) is 0 Å². The normalized spacial score (nSPS) is 20.2. The predicted molar refractivity (Wildman–Crippen MR) is 46.5 cm³/mol. The average molecular weight is 157 g/mol. The van der Waals surface area contributed by atoms with E-state index in [-0.39, 0.29) is 0 Å². The van der Waals surface area contributed by atoms with Gasteiger partial charge in [-0.1, -0.05) is 6.92 Å². The van der Waals surface area contributed by atoms with Crippen LogP contribution in [0.25, 0.3) is 0 Å². The van der Waals surface area contributed by atoms with Gasteiger partial charge in [-0.2, -0.15) is 0 Å². The van der Waals surface area contributed by atoms with Crippen molar-refractivity contribution < 1.29 is 5.11 Å². The second kappa shape index (κ2) is 4.07. The number of nitrogens with one attached hydrogen (secondary N) is 1. The van der Waals surface area contributed by atoms with Crippen LogP contribution < -0.4 is 5.32 Å². The van der Waals surface area contributed by atoms with Crippen LogP contribution >= 0.6 is 0 Å². The predicted octanol–water partition coefficient (Wildman–Crippen LogP) is 1.15. The Bertz CT molecular complexity index is 110. The summed E-state index contributed by atoms with van der Waals surface area (Å²) < 4.78 is 0. The molecule has 0 unspecified atom stereocenters. The lowest BCUT2D eigenvalue weighted by Crippen LogP contribution is -2.23. The van der Waals surface area contributed by atoms with Crippen LogP contribution in [-0.2, 0) is 0 Å². The van der Waals surface area contributed by atoms with Gasteiger partial charge in [0.05, 0.1) is 0 Å². The molecule has 1 aliphatic carbocycles. The molecule has 0 aromatic carbocycles. The summed E-state index contributed by atoms with van der Waals surface area (Å²) in [5.74, 6) is 0. The van der Waals surface area contributed by atoms with Crippen LogP contribution in [0.1, 0.15) is 32.6 Å². The van der Waals surface area contributed by atoms with Gasteiger partial charge in [-0.15, -0.1) is 0 Å². The molecule has 1 aliphatic rings. The summed E-state index contributed by atoms with van der Waals surface area (Å²) in [6.07, 6.45) is 4.82. The smallest absolute Gasteiger partial charge is 0.0431 e. The highest BCUT2D eigenvalue weighted by Crippen LogP contribution is 2.43. The van der Waals surface area contributed by atoms with Crippen molar-refractivity contribution in [2.45, 2.75) is 32.6 Å². The molecule has 0 radical (unpaired) electrons. The van der Waals surface area contributed by atoms with Crippen molar-refractivity contribution in [2.24, 2.45) is 5.41 Å². The minimum absolute atomic E-state index is 0.332. The molecular formula is C9H19NO. The van der Waals surface area contributed by atoms with E-state index in [0.29, 0.717) is 12.0 Å². The Morgan fingerprint density at radius 3 is 2.64 bits per heavy atom. The lowest BCUT2D eigenvalue weighted by molar-refractivity contribution is 0.283. The Balaban J connectivity index is 1.81. The van der Waals surface area contributed by atoms with Gasteiger partial charge >= 0.3 is 0 Å². The van der Waals surface area contributed by atoms with E-state index in [0.717, 1.165) is 19.4 Å². The van der Waals surface area contributed by atoms with Crippen LogP contribution in [0.5, 0.6) is 0 Å². The maximum Gasteiger partial charge on any atom is 0.0431 e. The summed E-state index contributed by atoms with van der Waals surface area (Å²) in [4.78, 5) is 0. The van der Waals surface area contributed by atoms with Crippen molar-refractivity contribution in [1.82, 2.24) is 5.32 Å². The van der Waals surface area contributed by atoms with Gasteiger partial charge in [0.25, 0.3) is 0 Å². The second-order valence-electron chi connectivity index (χ2n) is 3.92. The van der Waals surface area contributed by atoms with E-state index in [1.807, 2.05) is 0 Å².